The number of hydroxylamine groups is 2. The molecular weight excluding hydrogens is 262 g/mol. The summed E-state index contributed by atoms with van der Waals surface area (Å²) < 4.78 is 10.1. The number of hydrogen-bond acceptors (Lipinski definition) is 6. The van der Waals surface area contributed by atoms with Crippen LogP contribution in [0, 0.1) is 0 Å². The van der Waals surface area contributed by atoms with E-state index >= 15 is 0 Å². The van der Waals surface area contributed by atoms with Crippen molar-refractivity contribution in [2.45, 2.75) is 57.7 Å². The van der Waals surface area contributed by atoms with Crippen LogP contribution in [0.25, 0.3) is 0 Å². The van der Waals surface area contributed by atoms with Gasteiger partial charge in [0, 0.05) is 11.1 Å². The molecule has 2 aliphatic rings. The molecule has 1 fully saturated rings. The highest BCUT2D eigenvalue weighted by Crippen LogP contribution is 2.36. The van der Waals surface area contributed by atoms with Crippen LogP contribution in [0.5, 0.6) is 0 Å². The van der Waals surface area contributed by atoms with Gasteiger partial charge in [-0.15, -0.1) is 0 Å². The van der Waals surface area contributed by atoms with Crippen molar-refractivity contribution in [2.24, 2.45) is 0 Å². The average molecular weight is 283 g/mol. The van der Waals surface area contributed by atoms with E-state index in [0.29, 0.717) is 12.0 Å². The van der Waals surface area contributed by atoms with E-state index in [1.807, 2.05) is 27.7 Å². The van der Waals surface area contributed by atoms with Gasteiger partial charge in [-0.05, 0) is 34.1 Å². The van der Waals surface area contributed by atoms with E-state index in [1.165, 1.54) is 5.06 Å². The molecule has 0 bridgehead atoms. The van der Waals surface area contributed by atoms with Crippen molar-refractivity contribution in [3.8, 4) is 0 Å². The van der Waals surface area contributed by atoms with Crippen LogP contribution < -0.4 is 0 Å². The molecule has 6 nitrogen and oxygen atoms in total. The molecule has 0 radical (unpaired) electrons. The molecule has 112 valence electrons. The summed E-state index contributed by atoms with van der Waals surface area (Å²) in [4.78, 5) is 23.2. The smallest absolute Gasteiger partial charge is 0.334 e. The minimum atomic E-state index is -0.655. The monoisotopic (exact) mass is 283 g/mol. The van der Waals surface area contributed by atoms with Crippen LogP contribution in [0.3, 0.4) is 0 Å². The molecular formula is C14H21NO5. The number of carbonyl (C=O) groups excluding carboxylic acids is 2. The van der Waals surface area contributed by atoms with Crippen molar-refractivity contribution in [3.05, 3.63) is 11.6 Å². The highest BCUT2D eigenvalue weighted by molar-refractivity contribution is 5.89. The first-order chi connectivity index (χ1) is 9.12. The Hall–Kier alpha value is -1.40. The Morgan fingerprint density at radius 2 is 2.10 bits per heavy atom. The fourth-order valence-corrected chi connectivity index (χ4v) is 2.78. The van der Waals surface area contributed by atoms with Crippen molar-refractivity contribution in [1.82, 2.24) is 5.06 Å². The zero-order valence-corrected chi connectivity index (χ0v) is 12.3. The molecule has 0 aromatic carbocycles. The third kappa shape index (κ3) is 2.86. The first kappa shape index (κ1) is 15.0. The van der Waals surface area contributed by atoms with Gasteiger partial charge in [-0.1, -0.05) is 6.08 Å². The lowest BCUT2D eigenvalue weighted by atomic mass is 9.83. The maximum Gasteiger partial charge on any atom is 0.334 e. The molecule has 0 aromatic rings. The summed E-state index contributed by atoms with van der Waals surface area (Å²) >= 11 is 0. The van der Waals surface area contributed by atoms with Crippen LogP contribution in [-0.2, 0) is 19.1 Å². The Morgan fingerprint density at radius 3 is 2.60 bits per heavy atom. The molecule has 1 saturated heterocycles. The Morgan fingerprint density at radius 1 is 1.45 bits per heavy atom. The number of rotatable bonds is 2. The minimum absolute atomic E-state index is 0.109. The number of hydrogen-bond donors (Lipinski definition) is 1. The van der Waals surface area contributed by atoms with Gasteiger partial charge in [-0.2, -0.15) is 5.06 Å². The van der Waals surface area contributed by atoms with Gasteiger partial charge in [0.15, 0.2) is 0 Å². The van der Waals surface area contributed by atoms with Crippen LogP contribution in [0.4, 0.5) is 0 Å². The Labute approximate surface area is 118 Å². The second-order valence-corrected chi connectivity index (χ2v) is 6.54. The van der Waals surface area contributed by atoms with Crippen molar-refractivity contribution < 1.29 is 24.3 Å². The third-order valence-corrected chi connectivity index (χ3v) is 3.63. The standard InChI is InChI=1S/C14H21NO5/c1-13(2)6-9(7-14(3,4)15(13)18)12(17)20-10-5-11(16)19-8-10/h6,10,18H,5,7-8H2,1-4H3/t10-/m1/s1. The summed E-state index contributed by atoms with van der Waals surface area (Å²) in [6.45, 7) is 7.48. The number of esters is 2. The van der Waals surface area contributed by atoms with Gasteiger partial charge in [-0.25, -0.2) is 4.79 Å². The molecule has 6 heteroatoms. The van der Waals surface area contributed by atoms with E-state index in [-0.39, 0.29) is 19.0 Å². The van der Waals surface area contributed by atoms with Gasteiger partial charge in [0.25, 0.3) is 0 Å². The summed E-state index contributed by atoms with van der Waals surface area (Å²) in [6, 6.07) is 0. The SMILES string of the molecule is CC1(C)C=C(C(=O)O[C@H]2COC(=O)C2)CC(C)(C)N1O. The zero-order valence-electron chi connectivity index (χ0n) is 12.3. The maximum atomic E-state index is 12.2. The maximum absolute atomic E-state index is 12.2. The normalized spacial score (nSPS) is 28.8. The number of ether oxygens (including phenoxy) is 2. The molecule has 1 N–H and O–H groups in total. The Bertz CT molecular complexity index is 466. The predicted octanol–water partition coefficient (Wildman–Crippen LogP) is 1.42. The van der Waals surface area contributed by atoms with E-state index < -0.39 is 23.2 Å². The van der Waals surface area contributed by atoms with E-state index in [2.05, 4.69) is 0 Å². The molecule has 0 saturated carbocycles. The number of carbonyl (C=O) groups is 2. The van der Waals surface area contributed by atoms with Crippen molar-refractivity contribution in [3.63, 3.8) is 0 Å². The minimum Gasteiger partial charge on any atom is -0.462 e. The molecule has 1 atom stereocenters. The summed E-state index contributed by atoms with van der Waals surface area (Å²) in [5, 5.41) is 11.4. The Balaban J connectivity index is 2.11. The molecule has 0 unspecified atom stereocenters. The summed E-state index contributed by atoms with van der Waals surface area (Å²) in [7, 11) is 0. The van der Waals surface area contributed by atoms with Crippen LogP contribution in [0.1, 0.15) is 40.5 Å². The van der Waals surface area contributed by atoms with Crippen molar-refractivity contribution in [1.29, 1.82) is 0 Å². The van der Waals surface area contributed by atoms with Crippen molar-refractivity contribution in [2.75, 3.05) is 6.61 Å². The average Bonchev–Trinajstić information content (AvgIpc) is 2.70. The topological polar surface area (TPSA) is 76.1 Å². The first-order valence-electron chi connectivity index (χ1n) is 6.69. The Kier molecular flexibility index (Phi) is 3.64. The van der Waals surface area contributed by atoms with Gasteiger partial charge < -0.3 is 14.7 Å². The molecule has 20 heavy (non-hydrogen) atoms. The van der Waals surface area contributed by atoms with Crippen LogP contribution in [0.2, 0.25) is 0 Å². The second kappa shape index (κ2) is 4.86. The van der Waals surface area contributed by atoms with Gasteiger partial charge in [-0.3, -0.25) is 4.79 Å². The van der Waals surface area contributed by atoms with Gasteiger partial charge >= 0.3 is 11.9 Å². The molecule has 2 heterocycles. The number of cyclic esters (lactones) is 1. The molecule has 0 amide bonds. The molecule has 2 rings (SSSR count). The van der Waals surface area contributed by atoms with Gasteiger partial charge in [0.2, 0.25) is 0 Å². The van der Waals surface area contributed by atoms with Crippen molar-refractivity contribution >= 4 is 11.9 Å². The number of nitrogens with zero attached hydrogens (tertiary/aromatic N) is 1. The zero-order chi connectivity index (χ0) is 15.1. The van der Waals surface area contributed by atoms with Crippen LogP contribution in [0.15, 0.2) is 11.6 Å². The summed E-state index contributed by atoms with van der Waals surface area (Å²) in [5.41, 5.74) is -0.697. The molecule has 0 aromatic heterocycles. The quantitative estimate of drug-likeness (QED) is 0.772. The van der Waals surface area contributed by atoms with Crippen LogP contribution in [-0.4, -0.2) is 46.0 Å². The molecule has 0 spiro atoms. The van der Waals surface area contributed by atoms with E-state index in [0.717, 1.165) is 0 Å². The lowest BCUT2D eigenvalue weighted by Gasteiger charge is -2.46. The van der Waals surface area contributed by atoms with Gasteiger partial charge in [0.05, 0.1) is 12.0 Å². The van der Waals surface area contributed by atoms with Gasteiger partial charge in [0.1, 0.15) is 12.7 Å². The van der Waals surface area contributed by atoms with E-state index in [9.17, 15) is 14.8 Å². The molecule has 0 aliphatic carbocycles. The fourth-order valence-electron chi connectivity index (χ4n) is 2.78. The van der Waals surface area contributed by atoms with E-state index in [1.54, 1.807) is 6.08 Å². The highest BCUT2D eigenvalue weighted by atomic mass is 16.6. The lowest BCUT2D eigenvalue weighted by Crippen LogP contribution is -2.56. The third-order valence-electron chi connectivity index (χ3n) is 3.63. The fraction of sp³-hybridized carbons (Fsp3) is 0.714. The van der Waals surface area contributed by atoms with E-state index in [4.69, 9.17) is 9.47 Å². The lowest BCUT2D eigenvalue weighted by molar-refractivity contribution is -0.214. The summed E-state index contributed by atoms with van der Waals surface area (Å²) in [5.74, 6) is -0.787. The largest absolute Gasteiger partial charge is 0.462 e. The van der Waals surface area contributed by atoms with Crippen LogP contribution >= 0.6 is 0 Å². The first-order valence-corrected chi connectivity index (χ1v) is 6.69. The summed E-state index contributed by atoms with van der Waals surface area (Å²) in [6.07, 6.45) is 1.69. The molecule has 2 aliphatic heterocycles. The second-order valence-electron chi connectivity index (χ2n) is 6.54. The predicted molar refractivity (Wildman–Crippen MR) is 69.9 cm³/mol. The highest BCUT2D eigenvalue weighted by Gasteiger charge is 2.43.